The minimum Gasteiger partial charge on any atom is -0.476 e. The molecule has 1 aromatic rings. The molecule has 0 N–H and O–H groups in total. The Morgan fingerprint density at radius 2 is 2.12 bits per heavy atom. The predicted molar refractivity (Wildman–Crippen MR) is 49.5 cm³/mol. The lowest BCUT2D eigenvalue weighted by Crippen LogP contribution is -2.14. The Morgan fingerprint density at radius 1 is 1.41 bits per heavy atom. The molecule has 0 aliphatic rings. The third-order valence-corrected chi connectivity index (χ3v) is 1.64. The highest BCUT2D eigenvalue weighted by atomic mass is 19.4. The average Bonchev–Trinajstić information content (AvgIpc) is 2.27. The number of hydrogen-bond donors (Lipinski definition) is 0. The first-order valence-electron chi connectivity index (χ1n) is 4.52. The minimum absolute atomic E-state index is 0.128. The van der Waals surface area contributed by atoms with E-state index in [2.05, 4.69) is 14.7 Å². The molecule has 0 bridgehead atoms. The predicted octanol–water partition coefficient (Wildman–Crippen LogP) is 1.59. The average molecular weight is 250 g/mol. The number of alkyl halides is 3. The molecule has 0 saturated carbocycles. The second-order valence-corrected chi connectivity index (χ2v) is 2.95. The topological polar surface area (TPSA) is 61.3 Å². The van der Waals surface area contributed by atoms with Crippen molar-refractivity contribution >= 4 is 5.97 Å². The maximum Gasteiger partial charge on any atom is 0.392 e. The zero-order chi connectivity index (χ0) is 12.9. The fourth-order valence-corrected chi connectivity index (χ4v) is 0.892. The second-order valence-electron chi connectivity index (χ2n) is 2.95. The van der Waals surface area contributed by atoms with Crippen LogP contribution in [-0.2, 0) is 4.74 Å². The highest BCUT2D eigenvalue weighted by Gasteiger charge is 2.27. The quantitative estimate of drug-likeness (QED) is 0.759. The van der Waals surface area contributed by atoms with Crippen molar-refractivity contribution in [1.82, 2.24) is 9.97 Å². The van der Waals surface area contributed by atoms with Crippen molar-refractivity contribution in [1.29, 1.82) is 0 Å². The van der Waals surface area contributed by atoms with Crippen LogP contribution in [0.3, 0.4) is 0 Å². The Hall–Kier alpha value is -1.86. The van der Waals surface area contributed by atoms with E-state index in [0.29, 0.717) is 0 Å². The maximum atomic E-state index is 11.8. The number of hydrogen-bond acceptors (Lipinski definition) is 5. The standard InChI is InChI=1S/C9H9F3N2O3/c1-16-8(15)6-4-13-5-7(14-6)17-3-2-9(10,11)12/h4-5H,2-3H2,1H3. The molecule has 1 aromatic heterocycles. The molecule has 0 unspecified atom stereocenters. The first kappa shape index (κ1) is 13.2. The number of carbonyl (C=O) groups excluding carboxylic acids is 1. The summed E-state index contributed by atoms with van der Waals surface area (Å²) in [5, 5.41) is 0. The Balaban J connectivity index is 2.57. The fraction of sp³-hybridized carbons (Fsp3) is 0.444. The van der Waals surface area contributed by atoms with Gasteiger partial charge in [0, 0.05) is 0 Å². The summed E-state index contributed by atoms with van der Waals surface area (Å²) in [6.45, 7) is -0.581. The van der Waals surface area contributed by atoms with Gasteiger partial charge in [-0.2, -0.15) is 13.2 Å². The number of halogens is 3. The lowest BCUT2D eigenvalue weighted by molar-refractivity contribution is -0.139. The highest BCUT2D eigenvalue weighted by molar-refractivity contribution is 5.86. The van der Waals surface area contributed by atoms with Crippen molar-refractivity contribution in [2.24, 2.45) is 0 Å². The Kier molecular flexibility index (Phi) is 4.24. The van der Waals surface area contributed by atoms with Crippen LogP contribution in [0.5, 0.6) is 5.88 Å². The van der Waals surface area contributed by atoms with Gasteiger partial charge in [0.15, 0.2) is 5.69 Å². The van der Waals surface area contributed by atoms with Gasteiger partial charge in [0.1, 0.15) is 0 Å². The lowest BCUT2D eigenvalue weighted by Gasteiger charge is -2.07. The summed E-state index contributed by atoms with van der Waals surface area (Å²) in [4.78, 5) is 18.3. The summed E-state index contributed by atoms with van der Waals surface area (Å²) < 4.78 is 44.6. The fourth-order valence-electron chi connectivity index (χ4n) is 0.892. The van der Waals surface area contributed by atoms with Crippen LogP contribution in [0.2, 0.25) is 0 Å². The van der Waals surface area contributed by atoms with Crippen molar-refractivity contribution in [3.63, 3.8) is 0 Å². The van der Waals surface area contributed by atoms with Crippen molar-refractivity contribution in [2.45, 2.75) is 12.6 Å². The van der Waals surface area contributed by atoms with E-state index in [1.54, 1.807) is 0 Å². The molecule has 0 fully saturated rings. The Bertz CT molecular complexity index is 395. The van der Waals surface area contributed by atoms with E-state index in [-0.39, 0.29) is 11.6 Å². The van der Waals surface area contributed by atoms with Crippen molar-refractivity contribution in [3.8, 4) is 5.88 Å². The second kappa shape index (κ2) is 5.46. The largest absolute Gasteiger partial charge is 0.476 e. The van der Waals surface area contributed by atoms with Gasteiger partial charge in [0.25, 0.3) is 0 Å². The van der Waals surface area contributed by atoms with Crippen LogP contribution in [0, 0.1) is 0 Å². The number of aromatic nitrogens is 2. The van der Waals surface area contributed by atoms with E-state index >= 15 is 0 Å². The van der Waals surface area contributed by atoms with Crippen molar-refractivity contribution < 1.29 is 27.4 Å². The van der Waals surface area contributed by atoms with Crippen LogP contribution < -0.4 is 4.74 Å². The molecule has 5 nitrogen and oxygen atoms in total. The van der Waals surface area contributed by atoms with Crippen LogP contribution in [-0.4, -0.2) is 35.8 Å². The highest BCUT2D eigenvalue weighted by Crippen LogP contribution is 2.19. The summed E-state index contributed by atoms with van der Waals surface area (Å²) in [5.41, 5.74) is -0.128. The normalized spacial score (nSPS) is 11.1. The molecule has 0 atom stereocenters. The zero-order valence-corrected chi connectivity index (χ0v) is 8.82. The van der Waals surface area contributed by atoms with Crippen LogP contribution >= 0.6 is 0 Å². The molecule has 0 saturated heterocycles. The molecule has 1 heterocycles. The van der Waals surface area contributed by atoms with E-state index in [1.165, 1.54) is 0 Å². The van der Waals surface area contributed by atoms with Gasteiger partial charge in [-0.15, -0.1) is 0 Å². The van der Waals surface area contributed by atoms with E-state index in [4.69, 9.17) is 4.74 Å². The monoisotopic (exact) mass is 250 g/mol. The molecule has 0 spiro atoms. The molecule has 94 valence electrons. The SMILES string of the molecule is COC(=O)c1cncc(OCCC(F)(F)F)n1. The first-order valence-corrected chi connectivity index (χ1v) is 4.52. The van der Waals surface area contributed by atoms with Crippen LogP contribution in [0.15, 0.2) is 12.4 Å². The van der Waals surface area contributed by atoms with Gasteiger partial charge in [-0.25, -0.2) is 9.78 Å². The molecular formula is C9H9F3N2O3. The van der Waals surface area contributed by atoms with Gasteiger partial charge in [-0.3, -0.25) is 4.98 Å². The zero-order valence-electron chi connectivity index (χ0n) is 8.82. The van der Waals surface area contributed by atoms with Crippen molar-refractivity contribution in [2.75, 3.05) is 13.7 Å². The Morgan fingerprint density at radius 3 is 2.71 bits per heavy atom. The number of nitrogens with zero attached hydrogens (tertiary/aromatic N) is 2. The number of ether oxygens (including phenoxy) is 2. The van der Waals surface area contributed by atoms with Crippen LogP contribution in [0.4, 0.5) is 13.2 Å². The summed E-state index contributed by atoms with van der Waals surface area (Å²) in [6, 6.07) is 0. The van der Waals surface area contributed by atoms with Gasteiger partial charge in [0.05, 0.1) is 32.5 Å². The van der Waals surface area contributed by atoms with Crippen LogP contribution in [0.25, 0.3) is 0 Å². The summed E-state index contributed by atoms with van der Waals surface area (Å²) in [7, 11) is 1.15. The van der Waals surface area contributed by atoms with E-state index in [0.717, 1.165) is 19.5 Å². The van der Waals surface area contributed by atoms with Gasteiger partial charge < -0.3 is 9.47 Å². The van der Waals surface area contributed by atoms with Gasteiger partial charge in [-0.05, 0) is 0 Å². The first-order chi connectivity index (χ1) is 7.92. The Labute approximate surface area is 94.6 Å². The lowest BCUT2D eigenvalue weighted by atomic mass is 10.4. The van der Waals surface area contributed by atoms with E-state index in [1.807, 2.05) is 0 Å². The molecule has 1 rings (SSSR count). The number of rotatable bonds is 4. The maximum absolute atomic E-state index is 11.8. The molecule has 0 aromatic carbocycles. The van der Waals surface area contributed by atoms with Crippen LogP contribution in [0.1, 0.15) is 16.9 Å². The van der Waals surface area contributed by atoms with E-state index in [9.17, 15) is 18.0 Å². The molecule has 0 aliphatic carbocycles. The summed E-state index contributed by atoms with van der Waals surface area (Å²) in [5.74, 6) is -0.893. The number of carbonyl (C=O) groups is 1. The summed E-state index contributed by atoms with van der Waals surface area (Å²) in [6.07, 6.45) is -3.16. The van der Waals surface area contributed by atoms with Gasteiger partial charge >= 0.3 is 12.1 Å². The smallest absolute Gasteiger partial charge is 0.392 e. The molecular weight excluding hydrogens is 241 g/mol. The molecule has 17 heavy (non-hydrogen) atoms. The van der Waals surface area contributed by atoms with Gasteiger partial charge in [0.2, 0.25) is 5.88 Å². The minimum atomic E-state index is -4.30. The third kappa shape index (κ3) is 4.66. The molecule has 0 aliphatic heterocycles. The van der Waals surface area contributed by atoms with E-state index < -0.39 is 25.2 Å². The van der Waals surface area contributed by atoms with Crippen molar-refractivity contribution in [3.05, 3.63) is 18.1 Å². The number of esters is 1. The molecule has 8 heteroatoms. The molecule has 0 radical (unpaired) electrons. The third-order valence-electron chi connectivity index (χ3n) is 1.64. The summed E-state index contributed by atoms with van der Waals surface area (Å²) >= 11 is 0. The van der Waals surface area contributed by atoms with Gasteiger partial charge in [-0.1, -0.05) is 0 Å². The number of methoxy groups -OCH3 is 1. The molecule has 0 amide bonds.